The topological polar surface area (TPSA) is 250 Å². The van der Waals surface area contributed by atoms with Crippen LogP contribution in [0.25, 0.3) is 0 Å². The van der Waals surface area contributed by atoms with E-state index in [-0.39, 0.29) is 5.82 Å². The number of nitrogens with zero attached hydrogens (tertiary/aromatic N) is 2. The number of nitrogen functional groups attached to an aromatic ring is 1. The molecule has 16 nitrogen and oxygen atoms in total. The van der Waals surface area contributed by atoms with Gasteiger partial charge in [0.05, 0.1) is 6.10 Å². The van der Waals surface area contributed by atoms with Crippen molar-refractivity contribution in [2.75, 3.05) is 5.73 Å². The highest BCUT2D eigenvalue weighted by atomic mass is 31.3. The lowest BCUT2D eigenvalue weighted by Crippen LogP contribution is -2.36. The number of aromatic nitrogens is 2. The molecule has 0 amide bonds. The molecule has 4 unspecified atom stereocenters. The molecule has 1 aromatic rings. The lowest BCUT2D eigenvalue weighted by Gasteiger charge is -2.22. The SMILES string of the molecule is C[C@H]1O[C@@H](n2ccc(N)nc2=O)C(O)C1OP(=O)(O)OP(=O)(O)OP(=O)(O)O. The fourth-order valence-corrected chi connectivity index (χ4v) is 5.53. The fourth-order valence-electron chi connectivity index (χ4n) is 2.27. The number of nitrogens with two attached hydrogens (primary N) is 1. The number of phosphoric ester groups is 1. The van der Waals surface area contributed by atoms with E-state index in [1.165, 1.54) is 13.0 Å². The van der Waals surface area contributed by atoms with Gasteiger partial charge in [-0.15, -0.1) is 0 Å². The van der Waals surface area contributed by atoms with Crippen molar-refractivity contribution >= 4 is 29.3 Å². The second kappa shape index (κ2) is 8.03. The van der Waals surface area contributed by atoms with E-state index in [0.717, 1.165) is 10.8 Å². The van der Waals surface area contributed by atoms with Crippen LogP contribution in [0.5, 0.6) is 0 Å². The van der Waals surface area contributed by atoms with Gasteiger partial charge in [-0.1, -0.05) is 0 Å². The Morgan fingerprint density at radius 1 is 1.18 bits per heavy atom. The molecule has 19 heteroatoms. The van der Waals surface area contributed by atoms with Crippen LogP contribution >= 0.6 is 23.5 Å². The largest absolute Gasteiger partial charge is 0.490 e. The van der Waals surface area contributed by atoms with Crippen LogP contribution in [0.3, 0.4) is 0 Å². The molecule has 1 aliphatic heterocycles. The molecule has 0 spiro atoms. The van der Waals surface area contributed by atoms with Gasteiger partial charge in [-0.3, -0.25) is 9.09 Å². The number of ether oxygens (including phenoxy) is 1. The van der Waals surface area contributed by atoms with E-state index in [2.05, 4.69) is 18.1 Å². The molecule has 28 heavy (non-hydrogen) atoms. The van der Waals surface area contributed by atoms with Crippen LogP contribution in [0.2, 0.25) is 0 Å². The summed E-state index contributed by atoms with van der Waals surface area (Å²) in [4.78, 5) is 50.9. The fraction of sp³-hybridized carbons (Fsp3) is 0.556. The highest BCUT2D eigenvalue weighted by Crippen LogP contribution is 2.67. The van der Waals surface area contributed by atoms with E-state index in [1.54, 1.807) is 0 Å². The van der Waals surface area contributed by atoms with E-state index < -0.39 is 53.7 Å². The number of rotatable bonds is 7. The normalized spacial score (nSPS) is 29.9. The molecule has 0 aliphatic carbocycles. The molecular formula is C9H16N3O13P3. The third-order valence-corrected chi connectivity index (χ3v) is 7.08. The van der Waals surface area contributed by atoms with Gasteiger partial charge in [0.15, 0.2) is 6.23 Å². The zero-order valence-electron chi connectivity index (χ0n) is 13.8. The first-order valence-electron chi connectivity index (χ1n) is 7.11. The molecule has 6 atom stereocenters. The Morgan fingerprint density at radius 3 is 2.32 bits per heavy atom. The molecule has 1 aromatic heterocycles. The third-order valence-electron chi connectivity index (χ3n) is 3.24. The zero-order valence-corrected chi connectivity index (χ0v) is 16.5. The van der Waals surface area contributed by atoms with Gasteiger partial charge in [0.25, 0.3) is 0 Å². The lowest BCUT2D eigenvalue weighted by molar-refractivity contribution is -0.0349. The van der Waals surface area contributed by atoms with Crippen molar-refractivity contribution in [3.63, 3.8) is 0 Å². The smallest absolute Gasteiger partial charge is 0.386 e. The Hall–Kier alpha value is -0.990. The van der Waals surface area contributed by atoms with Crippen molar-refractivity contribution in [1.29, 1.82) is 0 Å². The second-order valence-electron chi connectivity index (χ2n) is 5.43. The summed E-state index contributed by atoms with van der Waals surface area (Å²) >= 11 is 0. The van der Waals surface area contributed by atoms with Gasteiger partial charge in [0.2, 0.25) is 0 Å². The maximum atomic E-state index is 11.9. The van der Waals surface area contributed by atoms with Crippen molar-refractivity contribution in [1.82, 2.24) is 9.55 Å². The summed E-state index contributed by atoms with van der Waals surface area (Å²) in [6, 6.07) is 1.22. The minimum Gasteiger partial charge on any atom is -0.386 e. The van der Waals surface area contributed by atoms with Gasteiger partial charge in [-0.05, 0) is 13.0 Å². The molecular weight excluding hydrogens is 451 g/mol. The molecule has 0 radical (unpaired) electrons. The minimum atomic E-state index is -5.72. The molecule has 160 valence electrons. The second-order valence-corrected chi connectivity index (χ2v) is 9.80. The molecule has 7 N–H and O–H groups in total. The quantitative estimate of drug-likeness (QED) is 0.258. The Kier molecular flexibility index (Phi) is 6.68. The third kappa shape index (κ3) is 6.00. The maximum Gasteiger partial charge on any atom is 0.490 e. The van der Waals surface area contributed by atoms with Crippen LogP contribution in [0.15, 0.2) is 17.1 Å². The summed E-state index contributed by atoms with van der Waals surface area (Å²) in [6.45, 7) is 1.27. The van der Waals surface area contributed by atoms with Crippen molar-refractivity contribution < 1.29 is 56.3 Å². The summed E-state index contributed by atoms with van der Waals surface area (Å²) in [7, 11) is -16.8. The van der Waals surface area contributed by atoms with Crippen LogP contribution in [-0.4, -0.2) is 52.5 Å². The van der Waals surface area contributed by atoms with Crippen LogP contribution in [-0.2, 0) is 31.6 Å². The van der Waals surface area contributed by atoms with Crippen LogP contribution < -0.4 is 11.4 Å². The van der Waals surface area contributed by atoms with Gasteiger partial charge in [-0.25, -0.2) is 18.5 Å². The highest BCUT2D eigenvalue weighted by molar-refractivity contribution is 7.66. The van der Waals surface area contributed by atoms with Crippen molar-refractivity contribution in [3.05, 3.63) is 22.7 Å². The summed E-state index contributed by atoms with van der Waals surface area (Å²) in [6.07, 6.45) is -4.86. The number of aliphatic hydroxyl groups excluding tert-OH is 1. The molecule has 1 aliphatic rings. The Bertz CT molecular complexity index is 929. The number of phosphoric acid groups is 3. The summed E-state index contributed by atoms with van der Waals surface area (Å²) in [5.74, 6) is -0.105. The van der Waals surface area contributed by atoms with Gasteiger partial charge in [0, 0.05) is 6.20 Å². The number of hydrogen-bond acceptors (Lipinski definition) is 11. The van der Waals surface area contributed by atoms with E-state index in [1.807, 2.05) is 0 Å². The summed E-state index contributed by atoms with van der Waals surface area (Å²) in [5, 5.41) is 10.3. The van der Waals surface area contributed by atoms with Crippen molar-refractivity contribution in [3.8, 4) is 0 Å². The summed E-state index contributed by atoms with van der Waals surface area (Å²) < 4.78 is 51.7. The van der Waals surface area contributed by atoms with Crippen molar-refractivity contribution in [2.24, 2.45) is 0 Å². The van der Waals surface area contributed by atoms with Gasteiger partial charge in [-0.2, -0.15) is 13.6 Å². The number of anilines is 1. The van der Waals surface area contributed by atoms with E-state index in [4.69, 9.17) is 25.2 Å². The Morgan fingerprint density at radius 2 is 1.79 bits per heavy atom. The molecule has 0 aromatic carbocycles. The van der Waals surface area contributed by atoms with E-state index in [9.17, 15) is 28.5 Å². The summed E-state index contributed by atoms with van der Waals surface area (Å²) in [5.41, 5.74) is 4.44. The van der Waals surface area contributed by atoms with Gasteiger partial charge in [0.1, 0.15) is 18.0 Å². The first-order valence-corrected chi connectivity index (χ1v) is 11.6. The standard InChI is InChI=1S/C9H16N3O13P3/c1-4-7(23-27(18,19)25-28(20,21)24-26(15,16)17)6(13)8(22-4)12-3-2-5(10)11-9(12)14/h2-4,6-8,13H,1H3,(H,18,19)(H,20,21)(H2,10,11,14)(H2,15,16,17)/t4-,6?,7?,8-/m1/s1. The Labute approximate surface area is 155 Å². The van der Waals surface area contributed by atoms with E-state index in [0.29, 0.717) is 0 Å². The molecule has 1 saturated heterocycles. The average molecular weight is 467 g/mol. The molecule has 0 bridgehead atoms. The van der Waals surface area contributed by atoms with Crippen molar-refractivity contribution in [2.45, 2.75) is 31.5 Å². The lowest BCUT2D eigenvalue weighted by atomic mass is 10.1. The number of aliphatic hydroxyl groups is 1. The molecule has 2 heterocycles. The Balaban J connectivity index is 2.17. The predicted octanol–water partition coefficient (Wildman–Crippen LogP) is -1.18. The molecule has 0 saturated carbocycles. The molecule has 2 rings (SSSR count). The van der Waals surface area contributed by atoms with Gasteiger partial charge >= 0.3 is 29.2 Å². The van der Waals surface area contributed by atoms with Gasteiger partial charge < -0.3 is 35.2 Å². The first-order chi connectivity index (χ1) is 12.6. The average Bonchev–Trinajstić information content (AvgIpc) is 2.71. The van der Waals surface area contributed by atoms with Crippen LogP contribution in [0.4, 0.5) is 5.82 Å². The zero-order chi connectivity index (χ0) is 21.5. The highest BCUT2D eigenvalue weighted by Gasteiger charge is 2.49. The first kappa shape index (κ1) is 23.3. The predicted molar refractivity (Wildman–Crippen MR) is 87.2 cm³/mol. The molecule has 1 fully saturated rings. The number of hydrogen-bond donors (Lipinski definition) is 6. The maximum absolute atomic E-state index is 11.9. The van der Waals surface area contributed by atoms with Crippen LogP contribution in [0, 0.1) is 0 Å². The monoisotopic (exact) mass is 467 g/mol. The minimum absolute atomic E-state index is 0.105. The van der Waals surface area contributed by atoms with E-state index >= 15 is 0 Å². The van der Waals surface area contributed by atoms with Crippen LogP contribution in [0.1, 0.15) is 13.2 Å².